The van der Waals surface area contributed by atoms with Gasteiger partial charge in [-0.3, -0.25) is 44.0 Å². The molecule has 1 spiro atoms. The number of likely N-dealkylation sites (tertiary alicyclic amines) is 1. The second-order valence-electron chi connectivity index (χ2n) is 16.3. The predicted molar refractivity (Wildman–Crippen MR) is 216 cm³/mol. The van der Waals surface area contributed by atoms with E-state index in [0.29, 0.717) is 35.6 Å². The Bertz CT molecular complexity index is 2410. The summed E-state index contributed by atoms with van der Waals surface area (Å²) in [6.07, 6.45) is 10.2. The van der Waals surface area contributed by atoms with Gasteiger partial charge >= 0.3 is 0 Å². The normalized spacial score (nSPS) is 21.5. The van der Waals surface area contributed by atoms with Crippen LogP contribution in [0.3, 0.4) is 0 Å². The Hall–Kier alpha value is -6.09. The number of amides is 5. The number of unbranched alkanes of at least 4 members (excludes halogenated alkanes) is 1. The first-order valence-corrected chi connectivity index (χ1v) is 20.1. The summed E-state index contributed by atoms with van der Waals surface area (Å²) in [4.78, 5) is 85.6. The van der Waals surface area contributed by atoms with Crippen LogP contribution in [-0.4, -0.2) is 107 Å². The third-order valence-electron chi connectivity index (χ3n) is 12.4. The zero-order chi connectivity index (χ0) is 41.6. The minimum absolute atomic E-state index is 0.000881. The molecule has 15 heteroatoms. The van der Waals surface area contributed by atoms with E-state index < -0.39 is 29.7 Å². The number of hydrogen-bond acceptors (Lipinski definition) is 11. The number of hydrogen-bond donors (Lipinski definition) is 1. The van der Waals surface area contributed by atoms with Gasteiger partial charge in [-0.15, -0.1) is 0 Å². The molecular weight excluding hydrogens is 757 g/mol. The molecule has 1 unspecified atom stereocenters. The van der Waals surface area contributed by atoms with Gasteiger partial charge in [0.25, 0.3) is 17.4 Å². The quantitative estimate of drug-likeness (QED) is 0.153. The van der Waals surface area contributed by atoms with E-state index in [0.717, 1.165) is 78.7 Å². The summed E-state index contributed by atoms with van der Waals surface area (Å²) in [7, 11) is 6.68. The van der Waals surface area contributed by atoms with Crippen molar-refractivity contribution in [3.63, 3.8) is 0 Å². The number of fused-ring (bicyclic) bond motifs is 2. The minimum atomic E-state index is -1.01. The molecule has 59 heavy (non-hydrogen) atoms. The van der Waals surface area contributed by atoms with Crippen molar-refractivity contribution in [3.05, 3.63) is 82.0 Å². The topological polar surface area (TPSA) is 170 Å². The zero-order valence-corrected chi connectivity index (χ0v) is 33.7. The molecule has 2 aromatic carbocycles. The Labute approximate surface area is 341 Å². The number of aromatic nitrogens is 2. The van der Waals surface area contributed by atoms with Crippen LogP contribution in [0.2, 0.25) is 0 Å². The molecule has 1 saturated carbocycles. The maximum Gasteiger partial charge on any atom is 0.262 e. The Morgan fingerprint density at radius 3 is 2.42 bits per heavy atom. The molecule has 3 aliphatic heterocycles. The van der Waals surface area contributed by atoms with E-state index in [-0.39, 0.29) is 47.0 Å². The van der Waals surface area contributed by atoms with Gasteiger partial charge in [0.05, 0.1) is 48.9 Å². The van der Waals surface area contributed by atoms with Crippen LogP contribution in [0.1, 0.15) is 77.6 Å². The van der Waals surface area contributed by atoms with Crippen LogP contribution in [0.5, 0.6) is 17.2 Å². The number of carbonyl (C=O) groups excluding carboxylic acids is 5. The number of piperidine rings is 1. The molecule has 1 aliphatic carbocycles. The third kappa shape index (κ3) is 7.55. The van der Waals surface area contributed by atoms with E-state index in [1.807, 2.05) is 18.2 Å². The Balaban J connectivity index is 0.801. The van der Waals surface area contributed by atoms with Gasteiger partial charge in [-0.2, -0.15) is 0 Å². The number of carbonyl (C=O) groups is 5. The van der Waals surface area contributed by atoms with Crippen LogP contribution in [0.15, 0.2) is 59.8 Å². The number of nitrogens with zero attached hydrogens (tertiary/aromatic N) is 5. The van der Waals surface area contributed by atoms with Crippen molar-refractivity contribution in [2.45, 2.75) is 70.1 Å². The number of rotatable bonds is 13. The highest BCUT2D eigenvalue weighted by Crippen LogP contribution is 2.50. The highest BCUT2D eigenvalue weighted by molar-refractivity contribution is 6.23. The lowest BCUT2D eigenvalue weighted by atomic mass is 9.66. The molecule has 0 radical (unpaired) electrons. The summed E-state index contributed by atoms with van der Waals surface area (Å²) in [5.74, 6) is -0.414. The fourth-order valence-electron chi connectivity index (χ4n) is 9.22. The third-order valence-corrected chi connectivity index (χ3v) is 12.4. The van der Waals surface area contributed by atoms with Gasteiger partial charge in [0, 0.05) is 57.6 Å². The van der Waals surface area contributed by atoms with Crippen molar-refractivity contribution >= 4 is 40.3 Å². The Morgan fingerprint density at radius 1 is 0.949 bits per heavy atom. The van der Waals surface area contributed by atoms with Gasteiger partial charge in [-0.25, -0.2) is 0 Å². The van der Waals surface area contributed by atoms with E-state index in [4.69, 9.17) is 14.2 Å². The zero-order valence-electron chi connectivity index (χ0n) is 33.7. The number of pyridine rings is 2. The van der Waals surface area contributed by atoms with Gasteiger partial charge < -0.3 is 28.6 Å². The highest BCUT2D eigenvalue weighted by Gasteiger charge is 2.50. The molecule has 4 aliphatic rings. The first-order valence-electron chi connectivity index (χ1n) is 20.1. The Morgan fingerprint density at radius 2 is 1.69 bits per heavy atom. The molecule has 5 amide bonds. The maximum absolute atomic E-state index is 13.3. The van der Waals surface area contributed by atoms with Crippen molar-refractivity contribution < 1.29 is 38.2 Å². The average molecular weight is 805 g/mol. The van der Waals surface area contributed by atoms with E-state index in [1.165, 1.54) is 4.57 Å². The molecule has 2 saturated heterocycles. The van der Waals surface area contributed by atoms with Crippen molar-refractivity contribution in [1.82, 2.24) is 29.6 Å². The fraction of sp³-hybridized carbons (Fsp3) is 0.432. The molecule has 308 valence electrons. The fourth-order valence-corrected chi connectivity index (χ4v) is 9.22. The van der Waals surface area contributed by atoms with Crippen LogP contribution in [-0.2, 0) is 28.0 Å². The largest absolute Gasteiger partial charge is 0.496 e. The molecule has 4 aromatic rings. The molecule has 1 N–H and O–H groups in total. The summed E-state index contributed by atoms with van der Waals surface area (Å²) >= 11 is 0. The molecular formula is C44H48N6O9. The second-order valence-corrected chi connectivity index (χ2v) is 16.3. The Kier molecular flexibility index (Phi) is 10.7. The van der Waals surface area contributed by atoms with Crippen LogP contribution in [0.4, 0.5) is 0 Å². The maximum atomic E-state index is 13.3. The van der Waals surface area contributed by atoms with Crippen molar-refractivity contribution in [2.24, 2.45) is 12.5 Å². The van der Waals surface area contributed by atoms with E-state index in [9.17, 15) is 28.8 Å². The lowest BCUT2D eigenvalue weighted by molar-refractivity contribution is -0.136. The summed E-state index contributed by atoms with van der Waals surface area (Å²) in [6.45, 7) is 3.18. The van der Waals surface area contributed by atoms with Crippen LogP contribution in [0.25, 0.3) is 21.9 Å². The van der Waals surface area contributed by atoms with Gasteiger partial charge in [0.1, 0.15) is 23.3 Å². The molecule has 0 bridgehead atoms. The lowest BCUT2D eigenvalue weighted by Gasteiger charge is -2.45. The monoisotopic (exact) mass is 804 g/mol. The van der Waals surface area contributed by atoms with Crippen LogP contribution >= 0.6 is 0 Å². The summed E-state index contributed by atoms with van der Waals surface area (Å²) in [5.41, 5.74) is 2.90. The molecule has 2 aromatic heterocycles. The SMILES string of the molecule is COc1cc(-c2cn(C)c(=O)c3cnccc23)cc(OC)c1CN(C)C(=O)CCCCN1CCC2(CC(Oc3ccc4c(c3)C(=O)N(C3CCC(=O)NC3=O)C4=O)C2)C1. The van der Waals surface area contributed by atoms with E-state index in [2.05, 4.69) is 15.2 Å². The predicted octanol–water partition coefficient (Wildman–Crippen LogP) is 4.08. The smallest absolute Gasteiger partial charge is 0.262 e. The van der Waals surface area contributed by atoms with Gasteiger partial charge in [0.15, 0.2) is 0 Å². The van der Waals surface area contributed by atoms with Crippen molar-refractivity contribution in [3.8, 4) is 28.4 Å². The molecule has 3 fully saturated rings. The molecule has 1 atom stereocenters. The van der Waals surface area contributed by atoms with E-state index >= 15 is 0 Å². The number of methoxy groups -OCH3 is 2. The first kappa shape index (κ1) is 39.7. The standard InChI is InChI=1S/C44H48N6O9/c1-47(24-34-36(57-3)17-26(18-37(34)58-4)33-23-48(2)41(54)32-22-45-14-12-29(32)33)39(52)7-5-6-15-49-16-13-44(25-49)20-28(21-44)59-27-8-9-30-31(19-27)43(56)50(42(30)55)35-10-11-38(51)46-40(35)53/h8-9,12,14,17-19,22-23,28,35H,5-7,10-11,13,15-16,20-21,24-25H2,1-4H3,(H,46,51,53). The summed E-state index contributed by atoms with van der Waals surface area (Å²) < 4.78 is 19.4. The minimum Gasteiger partial charge on any atom is -0.496 e. The number of ether oxygens (including phenoxy) is 3. The van der Waals surface area contributed by atoms with Crippen LogP contribution < -0.4 is 25.1 Å². The van der Waals surface area contributed by atoms with Gasteiger partial charge in [0.2, 0.25) is 17.7 Å². The first-order chi connectivity index (χ1) is 28.4. The van der Waals surface area contributed by atoms with Gasteiger partial charge in [-0.05, 0) is 104 Å². The van der Waals surface area contributed by atoms with Crippen LogP contribution in [0, 0.1) is 5.41 Å². The lowest BCUT2D eigenvalue weighted by Crippen LogP contribution is -2.54. The van der Waals surface area contributed by atoms with Gasteiger partial charge in [-0.1, -0.05) is 0 Å². The highest BCUT2D eigenvalue weighted by atomic mass is 16.5. The molecule has 15 nitrogen and oxygen atoms in total. The number of nitrogens with one attached hydrogen (secondary N) is 1. The summed E-state index contributed by atoms with van der Waals surface area (Å²) in [5, 5.41) is 3.51. The molecule has 5 heterocycles. The number of benzene rings is 2. The second kappa shape index (κ2) is 15.9. The molecule has 8 rings (SSSR count). The number of imide groups is 2. The average Bonchev–Trinajstić information content (AvgIpc) is 3.75. The van der Waals surface area contributed by atoms with Crippen molar-refractivity contribution in [1.29, 1.82) is 0 Å². The van der Waals surface area contributed by atoms with Crippen molar-refractivity contribution in [2.75, 3.05) is 40.9 Å². The van der Waals surface area contributed by atoms with E-state index in [1.54, 1.807) is 70.0 Å². The number of aryl methyl sites for hydroxylation is 1. The summed E-state index contributed by atoms with van der Waals surface area (Å²) in [6, 6.07) is 9.50.